The van der Waals surface area contributed by atoms with E-state index in [1.165, 1.54) is 22.3 Å². The molecule has 0 amide bonds. The number of hydrogen-bond donors (Lipinski definition) is 0. The summed E-state index contributed by atoms with van der Waals surface area (Å²) >= 11 is 0. The Kier molecular flexibility index (Phi) is 8.11. The maximum atomic E-state index is 6.52. The molecule has 10 rings (SSSR count). The minimum Gasteiger partial charge on any atom is -0.456 e. The van der Waals surface area contributed by atoms with Gasteiger partial charge in [-0.05, 0) is 79.6 Å². The minimum absolute atomic E-state index is 0.279. The van der Waals surface area contributed by atoms with Gasteiger partial charge in [0.05, 0.1) is 11.8 Å². The van der Waals surface area contributed by atoms with Crippen LogP contribution in [0.5, 0.6) is 0 Å². The molecule has 1 aliphatic rings. The van der Waals surface area contributed by atoms with E-state index >= 15 is 0 Å². The van der Waals surface area contributed by atoms with Crippen molar-refractivity contribution in [3.63, 3.8) is 0 Å². The summed E-state index contributed by atoms with van der Waals surface area (Å²) in [5.74, 6) is 0.688. The molecule has 0 saturated heterocycles. The molecular formula is C52H36N2O. The molecule has 0 fully saturated rings. The molecule has 1 unspecified atom stereocenters. The molecule has 2 heterocycles. The second-order valence-electron chi connectivity index (χ2n) is 14.1. The van der Waals surface area contributed by atoms with E-state index < -0.39 is 0 Å². The number of amidine groups is 1. The summed E-state index contributed by atoms with van der Waals surface area (Å²) in [6.45, 7) is 4.72. The van der Waals surface area contributed by atoms with Gasteiger partial charge in [-0.2, -0.15) is 0 Å². The first-order valence-corrected chi connectivity index (χ1v) is 18.8. The van der Waals surface area contributed by atoms with E-state index in [-0.39, 0.29) is 6.04 Å². The average molecular weight is 705 g/mol. The van der Waals surface area contributed by atoms with Crippen molar-refractivity contribution < 1.29 is 4.42 Å². The van der Waals surface area contributed by atoms with Crippen molar-refractivity contribution in [3.05, 3.63) is 217 Å². The molecule has 1 atom stereocenters. The van der Waals surface area contributed by atoms with Crippen LogP contribution in [0.25, 0.3) is 66.1 Å². The monoisotopic (exact) mass is 704 g/mol. The summed E-state index contributed by atoms with van der Waals surface area (Å²) in [4.78, 5) is 11.2. The first-order chi connectivity index (χ1) is 27.2. The predicted octanol–water partition coefficient (Wildman–Crippen LogP) is 13.7. The molecule has 0 spiro atoms. The number of rotatable bonds is 6. The predicted molar refractivity (Wildman–Crippen MR) is 230 cm³/mol. The molecule has 8 aromatic carbocycles. The number of aliphatic imine (C=N–C) groups is 2. The molecule has 3 heteroatoms. The van der Waals surface area contributed by atoms with Gasteiger partial charge in [-0.15, -0.1) is 0 Å². The second kappa shape index (κ2) is 13.7. The molecule has 9 aromatic rings. The number of nitrogens with zero attached hydrogens (tertiary/aromatic N) is 2. The lowest BCUT2D eigenvalue weighted by Gasteiger charge is -2.17. The summed E-state index contributed by atoms with van der Waals surface area (Å²) in [5, 5.41) is 4.37. The van der Waals surface area contributed by atoms with Crippen LogP contribution in [0.1, 0.15) is 29.2 Å². The van der Waals surface area contributed by atoms with Gasteiger partial charge in [-0.1, -0.05) is 170 Å². The highest BCUT2D eigenvalue weighted by atomic mass is 16.3. The molecule has 0 bridgehead atoms. The zero-order valence-electron chi connectivity index (χ0n) is 30.2. The van der Waals surface area contributed by atoms with Crippen molar-refractivity contribution >= 4 is 44.3 Å². The zero-order valence-corrected chi connectivity index (χ0v) is 30.2. The maximum Gasteiger partial charge on any atom is 0.156 e. The third kappa shape index (κ3) is 5.87. The average Bonchev–Trinajstić information content (AvgIpc) is 3.54. The van der Waals surface area contributed by atoms with Gasteiger partial charge in [0.15, 0.2) is 5.84 Å². The van der Waals surface area contributed by atoms with E-state index in [0.29, 0.717) is 12.3 Å². The van der Waals surface area contributed by atoms with E-state index in [1.807, 2.05) is 18.2 Å². The highest BCUT2D eigenvalue weighted by Crippen LogP contribution is 2.42. The Hall–Kier alpha value is -7.10. The van der Waals surface area contributed by atoms with Crippen molar-refractivity contribution in [1.82, 2.24) is 0 Å². The lowest BCUT2D eigenvalue weighted by atomic mass is 9.87. The minimum atomic E-state index is -0.279. The fourth-order valence-electron chi connectivity index (χ4n) is 8.13. The molecule has 1 aromatic heterocycles. The number of benzene rings is 8. The number of furan rings is 1. The second-order valence-corrected chi connectivity index (χ2v) is 14.1. The Morgan fingerprint density at radius 1 is 0.455 bits per heavy atom. The molecule has 1 aliphatic heterocycles. The summed E-state index contributed by atoms with van der Waals surface area (Å²) in [6, 6.07) is 65.7. The van der Waals surface area contributed by atoms with Crippen LogP contribution < -0.4 is 0 Å². The SMILES string of the molecule is C=C1CC(c2c(-c3ccc(-c4ccccc4)cc3)ccc3oc4ccccc4c23)=NC(c2ccc(-c3ccccc3)c3ccccc23)=NC1c1ccccc1. The third-order valence-corrected chi connectivity index (χ3v) is 10.8. The first kappa shape index (κ1) is 32.5. The van der Waals surface area contributed by atoms with E-state index in [9.17, 15) is 0 Å². The standard InChI is InChI=1S/C52H36N2O/c1-34-33-46(49-41(31-32-48-50(49)45-23-13-14-24-47(45)55-48)38-27-25-36(26-28-38)35-15-5-2-6-16-35)53-52(54-51(34)39-19-9-4-10-20-39)44-30-29-40(37-17-7-3-8-18-37)42-21-11-12-22-43(42)44/h2-32,51H,1,33H2. The molecule has 0 saturated carbocycles. The summed E-state index contributed by atoms with van der Waals surface area (Å²) < 4.78 is 6.52. The largest absolute Gasteiger partial charge is 0.456 e. The van der Waals surface area contributed by atoms with Crippen LogP contribution in [0.15, 0.2) is 215 Å². The van der Waals surface area contributed by atoms with E-state index in [2.05, 4.69) is 170 Å². The molecule has 0 aliphatic carbocycles. The van der Waals surface area contributed by atoms with Gasteiger partial charge in [0.2, 0.25) is 0 Å². The maximum absolute atomic E-state index is 6.52. The Labute approximate surface area is 320 Å². The van der Waals surface area contributed by atoms with E-state index in [4.69, 9.17) is 21.0 Å². The van der Waals surface area contributed by atoms with E-state index in [1.54, 1.807) is 0 Å². The molecule has 0 N–H and O–H groups in total. The Bertz CT molecular complexity index is 2940. The van der Waals surface area contributed by atoms with Crippen molar-refractivity contribution in [2.45, 2.75) is 12.5 Å². The number of hydrogen-bond acceptors (Lipinski definition) is 3. The fourth-order valence-corrected chi connectivity index (χ4v) is 8.13. The van der Waals surface area contributed by atoms with Crippen molar-refractivity contribution in [2.75, 3.05) is 0 Å². The first-order valence-electron chi connectivity index (χ1n) is 18.8. The quantitative estimate of drug-likeness (QED) is 0.159. The Balaban J connectivity index is 1.22. The molecule has 0 radical (unpaired) electrons. The van der Waals surface area contributed by atoms with Crippen LogP contribution in [-0.4, -0.2) is 11.5 Å². The van der Waals surface area contributed by atoms with Gasteiger partial charge >= 0.3 is 0 Å². The summed E-state index contributed by atoms with van der Waals surface area (Å²) in [7, 11) is 0. The van der Waals surface area contributed by atoms with Gasteiger partial charge in [0, 0.05) is 28.3 Å². The Morgan fingerprint density at radius 3 is 1.71 bits per heavy atom. The topological polar surface area (TPSA) is 37.9 Å². The molecular weight excluding hydrogens is 669 g/mol. The normalized spacial score (nSPS) is 14.5. The smallest absolute Gasteiger partial charge is 0.156 e. The zero-order chi connectivity index (χ0) is 36.7. The molecule has 55 heavy (non-hydrogen) atoms. The van der Waals surface area contributed by atoms with Gasteiger partial charge in [-0.25, -0.2) is 4.99 Å². The van der Waals surface area contributed by atoms with Crippen molar-refractivity contribution in [3.8, 4) is 33.4 Å². The van der Waals surface area contributed by atoms with E-state index in [0.717, 1.165) is 71.8 Å². The number of para-hydroxylation sites is 1. The van der Waals surface area contributed by atoms with Gasteiger partial charge < -0.3 is 4.42 Å². The van der Waals surface area contributed by atoms with Crippen LogP contribution in [0.3, 0.4) is 0 Å². The highest BCUT2D eigenvalue weighted by Gasteiger charge is 2.27. The van der Waals surface area contributed by atoms with Gasteiger partial charge in [0.25, 0.3) is 0 Å². The summed E-state index contributed by atoms with van der Waals surface area (Å²) in [5.41, 5.74) is 13.6. The van der Waals surface area contributed by atoms with Crippen LogP contribution in [0, 0.1) is 0 Å². The molecule has 260 valence electrons. The van der Waals surface area contributed by atoms with Crippen LogP contribution in [0.4, 0.5) is 0 Å². The Morgan fingerprint density at radius 2 is 0.982 bits per heavy atom. The highest BCUT2D eigenvalue weighted by molar-refractivity contribution is 6.26. The lowest BCUT2D eigenvalue weighted by Crippen LogP contribution is -2.08. The van der Waals surface area contributed by atoms with Crippen LogP contribution >= 0.6 is 0 Å². The third-order valence-electron chi connectivity index (χ3n) is 10.8. The molecule has 3 nitrogen and oxygen atoms in total. The van der Waals surface area contributed by atoms with Crippen molar-refractivity contribution in [2.24, 2.45) is 9.98 Å². The van der Waals surface area contributed by atoms with Gasteiger partial charge in [0.1, 0.15) is 11.2 Å². The lowest BCUT2D eigenvalue weighted by molar-refractivity contribution is 0.669. The van der Waals surface area contributed by atoms with Crippen LogP contribution in [0.2, 0.25) is 0 Å². The van der Waals surface area contributed by atoms with Crippen molar-refractivity contribution in [1.29, 1.82) is 0 Å². The fraction of sp³-hybridized carbons (Fsp3) is 0.0385. The van der Waals surface area contributed by atoms with Crippen LogP contribution in [-0.2, 0) is 0 Å². The van der Waals surface area contributed by atoms with Gasteiger partial charge in [-0.3, -0.25) is 4.99 Å². The number of fused-ring (bicyclic) bond motifs is 4. The summed E-state index contributed by atoms with van der Waals surface area (Å²) in [6.07, 6.45) is 0.542.